The van der Waals surface area contributed by atoms with E-state index in [0.29, 0.717) is 37.0 Å². The van der Waals surface area contributed by atoms with Gasteiger partial charge in [0.25, 0.3) is 0 Å². The summed E-state index contributed by atoms with van der Waals surface area (Å²) in [5.41, 5.74) is 7.91. The van der Waals surface area contributed by atoms with Crippen molar-refractivity contribution in [2.45, 2.75) is 12.0 Å². The Kier molecular flexibility index (Phi) is 2.23. The lowest BCUT2D eigenvalue weighted by atomic mass is 10.0. The molecule has 1 saturated heterocycles. The molecule has 0 aromatic carbocycles. The highest BCUT2D eigenvalue weighted by Crippen LogP contribution is 2.27. The summed E-state index contributed by atoms with van der Waals surface area (Å²) in [5.74, 6) is 0.904. The van der Waals surface area contributed by atoms with Gasteiger partial charge in [0.15, 0.2) is 0 Å². The zero-order valence-corrected chi connectivity index (χ0v) is 9.24. The summed E-state index contributed by atoms with van der Waals surface area (Å²) in [7, 11) is 0. The van der Waals surface area contributed by atoms with Gasteiger partial charge in [-0.25, -0.2) is 4.98 Å². The molecular weight excluding hydrogens is 228 g/mol. The molecule has 1 aliphatic rings. The second kappa shape index (κ2) is 3.62. The molecule has 6 nitrogen and oxygen atoms in total. The first-order valence-corrected chi connectivity index (χ1v) is 5.82. The smallest absolute Gasteiger partial charge is 0.249 e. The zero-order chi connectivity index (χ0) is 11.0. The molecule has 2 aromatic heterocycles. The number of ether oxygens (including phenoxy) is 1. The molecule has 0 saturated carbocycles. The number of aromatic nitrogens is 3. The van der Waals surface area contributed by atoms with Gasteiger partial charge in [0.2, 0.25) is 11.7 Å². The van der Waals surface area contributed by atoms with Gasteiger partial charge in [0.05, 0.1) is 12.1 Å². The van der Waals surface area contributed by atoms with Crippen LogP contribution in [0.4, 0.5) is 0 Å². The highest BCUT2D eigenvalue weighted by molar-refractivity contribution is 7.07. The maximum atomic E-state index is 6.11. The third-order valence-corrected chi connectivity index (χ3v) is 3.15. The van der Waals surface area contributed by atoms with Crippen molar-refractivity contribution in [3.8, 4) is 11.5 Å². The lowest BCUT2D eigenvalue weighted by molar-refractivity contribution is 0.166. The van der Waals surface area contributed by atoms with E-state index < -0.39 is 5.54 Å². The molecular formula is C9H10N4O2S. The van der Waals surface area contributed by atoms with Crippen molar-refractivity contribution in [2.24, 2.45) is 5.73 Å². The van der Waals surface area contributed by atoms with E-state index in [2.05, 4.69) is 15.1 Å². The van der Waals surface area contributed by atoms with E-state index in [1.165, 1.54) is 11.3 Å². The van der Waals surface area contributed by atoms with Crippen LogP contribution in [0.5, 0.6) is 0 Å². The Hall–Kier alpha value is -1.31. The van der Waals surface area contributed by atoms with Crippen LogP contribution in [0.25, 0.3) is 11.5 Å². The predicted molar refractivity (Wildman–Crippen MR) is 56.7 cm³/mol. The minimum absolute atomic E-state index is 0.422. The predicted octanol–water partition coefficient (Wildman–Crippen LogP) is 0.767. The molecule has 1 aliphatic heterocycles. The standard InChI is InChI=1S/C9H10N4O2S/c10-9(1-2-14-4-9)8-12-7(13-15-8)6-3-16-5-11-6/h3,5H,1-2,4,10H2. The summed E-state index contributed by atoms with van der Waals surface area (Å²) in [6.45, 7) is 1.05. The number of hydrogen-bond donors (Lipinski definition) is 1. The largest absolute Gasteiger partial charge is 0.379 e. The Balaban J connectivity index is 1.93. The molecule has 7 heteroatoms. The van der Waals surface area contributed by atoms with E-state index in [4.69, 9.17) is 15.0 Å². The second-order valence-corrected chi connectivity index (χ2v) is 4.47. The van der Waals surface area contributed by atoms with Gasteiger partial charge in [-0.15, -0.1) is 11.3 Å². The molecule has 1 atom stereocenters. The minimum atomic E-state index is -0.638. The number of nitrogens with zero attached hydrogens (tertiary/aromatic N) is 3. The van der Waals surface area contributed by atoms with Gasteiger partial charge in [-0.2, -0.15) is 4.98 Å². The summed E-state index contributed by atoms with van der Waals surface area (Å²) in [6.07, 6.45) is 0.700. The molecule has 1 fully saturated rings. The molecule has 3 heterocycles. The molecule has 0 aliphatic carbocycles. The summed E-state index contributed by atoms with van der Waals surface area (Å²) in [6, 6.07) is 0. The summed E-state index contributed by atoms with van der Waals surface area (Å²) >= 11 is 1.49. The van der Waals surface area contributed by atoms with E-state index in [1.807, 2.05) is 5.38 Å². The molecule has 0 bridgehead atoms. The first kappa shape index (κ1) is 9.88. The first-order chi connectivity index (χ1) is 7.78. The van der Waals surface area contributed by atoms with Crippen LogP contribution in [0.2, 0.25) is 0 Å². The molecule has 16 heavy (non-hydrogen) atoms. The highest BCUT2D eigenvalue weighted by atomic mass is 32.1. The lowest BCUT2D eigenvalue weighted by Gasteiger charge is -2.14. The average molecular weight is 238 g/mol. The SMILES string of the molecule is NC1(c2nc(-c3cscn3)no2)CCOC1. The van der Waals surface area contributed by atoms with Crippen molar-refractivity contribution in [1.82, 2.24) is 15.1 Å². The van der Waals surface area contributed by atoms with Crippen LogP contribution < -0.4 is 5.73 Å². The highest BCUT2D eigenvalue weighted by Gasteiger charge is 2.38. The molecule has 2 N–H and O–H groups in total. The van der Waals surface area contributed by atoms with Crippen LogP contribution in [-0.4, -0.2) is 28.3 Å². The third-order valence-electron chi connectivity index (χ3n) is 2.57. The molecule has 1 unspecified atom stereocenters. The van der Waals surface area contributed by atoms with Gasteiger partial charge in [-0.1, -0.05) is 5.16 Å². The van der Waals surface area contributed by atoms with Crippen molar-refractivity contribution in [3.63, 3.8) is 0 Å². The number of thiazole rings is 1. The summed E-state index contributed by atoms with van der Waals surface area (Å²) in [5, 5.41) is 5.74. The van der Waals surface area contributed by atoms with E-state index in [0.717, 1.165) is 0 Å². The topological polar surface area (TPSA) is 87.1 Å². The van der Waals surface area contributed by atoms with Crippen LogP contribution in [0.1, 0.15) is 12.3 Å². The van der Waals surface area contributed by atoms with Crippen LogP contribution in [-0.2, 0) is 10.3 Å². The number of rotatable bonds is 2. The van der Waals surface area contributed by atoms with Crippen LogP contribution in [0, 0.1) is 0 Å². The Morgan fingerprint density at radius 1 is 1.50 bits per heavy atom. The fourth-order valence-electron chi connectivity index (χ4n) is 1.60. The zero-order valence-electron chi connectivity index (χ0n) is 8.42. The molecule has 0 spiro atoms. The van der Waals surface area contributed by atoms with E-state index in [-0.39, 0.29) is 0 Å². The van der Waals surface area contributed by atoms with Crippen molar-refractivity contribution in [2.75, 3.05) is 13.2 Å². The molecule has 84 valence electrons. The Bertz CT molecular complexity index is 475. The Labute approximate surface area is 95.4 Å². The Morgan fingerprint density at radius 3 is 3.12 bits per heavy atom. The van der Waals surface area contributed by atoms with Gasteiger partial charge < -0.3 is 15.0 Å². The number of hydrogen-bond acceptors (Lipinski definition) is 7. The third kappa shape index (κ3) is 1.53. The lowest BCUT2D eigenvalue weighted by Crippen LogP contribution is -2.37. The van der Waals surface area contributed by atoms with E-state index in [9.17, 15) is 0 Å². The second-order valence-electron chi connectivity index (χ2n) is 3.76. The quantitative estimate of drug-likeness (QED) is 0.831. The van der Waals surface area contributed by atoms with Gasteiger partial charge >= 0.3 is 0 Å². The van der Waals surface area contributed by atoms with Gasteiger partial charge in [-0.05, 0) is 6.42 Å². The maximum absolute atomic E-state index is 6.11. The monoisotopic (exact) mass is 238 g/mol. The maximum Gasteiger partial charge on any atom is 0.249 e. The number of nitrogens with two attached hydrogens (primary N) is 1. The van der Waals surface area contributed by atoms with Crippen LogP contribution >= 0.6 is 11.3 Å². The minimum Gasteiger partial charge on any atom is -0.379 e. The van der Waals surface area contributed by atoms with Crippen molar-refractivity contribution >= 4 is 11.3 Å². The van der Waals surface area contributed by atoms with Gasteiger partial charge in [-0.3, -0.25) is 0 Å². The van der Waals surface area contributed by atoms with E-state index >= 15 is 0 Å². The average Bonchev–Trinajstić information content (AvgIpc) is 2.98. The van der Waals surface area contributed by atoms with Crippen LogP contribution in [0.15, 0.2) is 15.4 Å². The van der Waals surface area contributed by atoms with Crippen molar-refractivity contribution < 1.29 is 9.26 Å². The fourth-order valence-corrected chi connectivity index (χ4v) is 2.13. The van der Waals surface area contributed by atoms with Crippen molar-refractivity contribution in [1.29, 1.82) is 0 Å². The summed E-state index contributed by atoms with van der Waals surface area (Å²) in [4.78, 5) is 8.38. The normalized spacial score (nSPS) is 25.1. The molecule has 3 rings (SSSR count). The van der Waals surface area contributed by atoms with Gasteiger partial charge in [0.1, 0.15) is 11.2 Å². The fraction of sp³-hybridized carbons (Fsp3) is 0.444. The molecule has 0 radical (unpaired) electrons. The Morgan fingerprint density at radius 2 is 2.44 bits per heavy atom. The molecule has 0 amide bonds. The molecule has 2 aromatic rings. The van der Waals surface area contributed by atoms with E-state index in [1.54, 1.807) is 5.51 Å². The van der Waals surface area contributed by atoms with Gasteiger partial charge in [0, 0.05) is 12.0 Å². The summed E-state index contributed by atoms with van der Waals surface area (Å²) < 4.78 is 10.4. The van der Waals surface area contributed by atoms with Crippen molar-refractivity contribution in [3.05, 3.63) is 16.8 Å². The first-order valence-electron chi connectivity index (χ1n) is 4.87. The van der Waals surface area contributed by atoms with Crippen LogP contribution in [0.3, 0.4) is 0 Å².